The number of rotatable bonds is 4. The normalized spacial score (nSPS) is 20.2. The van der Waals surface area contributed by atoms with Gasteiger partial charge in [0.05, 0.1) is 12.3 Å². The van der Waals surface area contributed by atoms with E-state index in [1.807, 2.05) is 50.2 Å². The van der Waals surface area contributed by atoms with Gasteiger partial charge in [-0.1, -0.05) is 18.2 Å². The molecule has 5 nitrogen and oxygen atoms in total. The summed E-state index contributed by atoms with van der Waals surface area (Å²) in [7, 11) is 0. The molecule has 0 unspecified atom stereocenters. The Morgan fingerprint density at radius 3 is 2.80 bits per heavy atom. The minimum Gasteiger partial charge on any atom is -0.492 e. The minimum atomic E-state index is -0.528. The van der Waals surface area contributed by atoms with Crippen molar-refractivity contribution in [1.29, 1.82) is 0 Å². The summed E-state index contributed by atoms with van der Waals surface area (Å²) in [6, 6.07) is 11.5. The van der Waals surface area contributed by atoms with Crippen molar-refractivity contribution in [3.8, 4) is 17.2 Å². The van der Waals surface area contributed by atoms with Gasteiger partial charge >= 0.3 is 0 Å². The van der Waals surface area contributed by atoms with Crippen molar-refractivity contribution in [1.82, 2.24) is 0 Å². The van der Waals surface area contributed by atoms with Gasteiger partial charge in [0.2, 0.25) is 0 Å². The summed E-state index contributed by atoms with van der Waals surface area (Å²) in [6.45, 7) is 4.49. The van der Waals surface area contributed by atoms with Crippen LogP contribution in [0.25, 0.3) is 0 Å². The summed E-state index contributed by atoms with van der Waals surface area (Å²) in [5.41, 5.74) is 2.79. The van der Waals surface area contributed by atoms with Crippen molar-refractivity contribution in [2.75, 3.05) is 11.9 Å². The third-order valence-corrected chi connectivity index (χ3v) is 4.50. The highest BCUT2D eigenvalue weighted by molar-refractivity contribution is 5.96. The van der Waals surface area contributed by atoms with Crippen molar-refractivity contribution >= 4 is 11.6 Å². The Morgan fingerprint density at radius 1 is 1.16 bits per heavy atom. The van der Waals surface area contributed by atoms with E-state index in [0.29, 0.717) is 24.5 Å². The van der Waals surface area contributed by atoms with Crippen LogP contribution in [0.4, 0.5) is 5.69 Å². The van der Waals surface area contributed by atoms with E-state index in [2.05, 4.69) is 5.32 Å². The molecule has 5 heteroatoms. The molecular weight excluding hydrogens is 318 g/mol. The summed E-state index contributed by atoms with van der Waals surface area (Å²) >= 11 is 0. The van der Waals surface area contributed by atoms with E-state index in [0.717, 1.165) is 29.0 Å². The van der Waals surface area contributed by atoms with Crippen LogP contribution in [0.15, 0.2) is 36.4 Å². The van der Waals surface area contributed by atoms with Gasteiger partial charge in [0.1, 0.15) is 23.4 Å². The van der Waals surface area contributed by atoms with Gasteiger partial charge in [-0.2, -0.15) is 0 Å². The Bertz CT molecular complexity index is 792. The highest BCUT2D eigenvalue weighted by atomic mass is 16.5. The first-order valence-electron chi connectivity index (χ1n) is 8.66. The predicted octanol–water partition coefficient (Wildman–Crippen LogP) is 3.35. The number of carbonyl (C=O) groups is 1. The molecule has 0 spiro atoms. The molecule has 0 fully saturated rings. The second-order valence-electron chi connectivity index (χ2n) is 6.43. The molecule has 2 aromatic rings. The first-order valence-corrected chi connectivity index (χ1v) is 8.66. The van der Waals surface area contributed by atoms with Crippen LogP contribution in [0.1, 0.15) is 25.0 Å². The van der Waals surface area contributed by atoms with Crippen LogP contribution in [0.3, 0.4) is 0 Å². The van der Waals surface area contributed by atoms with Gasteiger partial charge in [0, 0.05) is 24.5 Å². The van der Waals surface area contributed by atoms with E-state index >= 15 is 0 Å². The standard InChI is InChI=1S/C20H21NO4/c1-3-23-18-10-14-8-12(2)24-17(14)11-15(18)21-20(22)19-9-13-6-4-5-7-16(13)25-19/h4-7,10-12,19H,3,8-9H2,1-2H3,(H,21,22)/t12-,19-/m0/s1. The van der Waals surface area contributed by atoms with Gasteiger partial charge < -0.3 is 19.5 Å². The molecule has 0 saturated heterocycles. The molecule has 0 radical (unpaired) electrons. The average Bonchev–Trinajstić information content (AvgIpc) is 3.17. The fraction of sp³-hybridized carbons (Fsp3) is 0.350. The largest absolute Gasteiger partial charge is 0.492 e. The maximum absolute atomic E-state index is 12.7. The molecule has 0 bridgehead atoms. The topological polar surface area (TPSA) is 56.8 Å². The zero-order chi connectivity index (χ0) is 17.4. The number of nitrogens with one attached hydrogen (secondary N) is 1. The van der Waals surface area contributed by atoms with E-state index in [1.165, 1.54) is 0 Å². The van der Waals surface area contributed by atoms with Gasteiger partial charge in [-0.3, -0.25) is 4.79 Å². The number of carbonyl (C=O) groups excluding carboxylic acids is 1. The Labute approximate surface area is 146 Å². The van der Waals surface area contributed by atoms with Crippen LogP contribution in [0.2, 0.25) is 0 Å². The SMILES string of the molecule is CCOc1cc2c(cc1NC(=O)[C@@H]1Cc3ccccc3O1)O[C@@H](C)C2. The van der Waals surface area contributed by atoms with Crippen molar-refractivity contribution in [2.45, 2.75) is 38.9 Å². The van der Waals surface area contributed by atoms with Gasteiger partial charge in [0.15, 0.2) is 6.10 Å². The van der Waals surface area contributed by atoms with Crippen LogP contribution < -0.4 is 19.5 Å². The molecule has 1 amide bonds. The molecule has 130 valence electrons. The lowest BCUT2D eigenvalue weighted by atomic mass is 10.1. The number of benzene rings is 2. The first kappa shape index (κ1) is 15.8. The van der Waals surface area contributed by atoms with Crippen molar-refractivity contribution in [3.05, 3.63) is 47.5 Å². The lowest BCUT2D eigenvalue weighted by Crippen LogP contribution is -2.31. The Morgan fingerprint density at radius 2 is 2.00 bits per heavy atom. The fourth-order valence-electron chi connectivity index (χ4n) is 3.35. The van der Waals surface area contributed by atoms with Crippen molar-refractivity contribution < 1.29 is 19.0 Å². The van der Waals surface area contributed by atoms with E-state index in [-0.39, 0.29) is 12.0 Å². The van der Waals surface area contributed by atoms with E-state index < -0.39 is 6.10 Å². The fourth-order valence-corrected chi connectivity index (χ4v) is 3.35. The highest BCUT2D eigenvalue weighted by Crippen LogP contribution is 2.38. The van der Waals surface area contributed by atoms with Gasteiger partial charge in [-0.25, -0.2) is 0 Å². The number of ether oxygens (including phenoxy) is 3. The quantitative estimate of drug-likeness (QED) is 0.928. The number of amides is 1. The van der Waals surface area contributed by atoms with Gasteiger partial charge in [-0.15, -0.1) is 0 Å². The monoisotopic (exact) mass is 339 g/mol. The third-order valence-electron chi connectivity index (χ3n) is 4.50. The molecule has 2 heterocycles. The molecule has 0 aromatic heterocycles. The summed E-state index contributed by atoms with van der Waals surface area (Å²) in [5, 5.41) is 2.95. The second kappa shape index (κ2) is 6.31. The highest BCUT2D eigenvalue weighted by Gasteiger charge is 2.30. The predicted molar refractivity (Wildman–Crippen MR) is 94.6 cm³/mol. The minimum absolute atomic E-state index is 0.142. The summed E-state index contributed by atoms with van der Waals surface area (Å²) in [4.78, 5) is 12.7. The molecule has 2 aliphatic rings. The smallest absolute Gasteiger partial charge is 0.265 e. The Kier molecular flexibility index (Phi) is 3.99. The lowest BCUT2D eigenvalue weighted by molar-refractivity contribution is -0.122. The molecule has 2 aromatic carbocycles. The zero-order valence-electron chi connectivity index (χ0n) is 14.4. The van der Waals surface area contributed by atoms with E-state index in [1.54, 1.807) is 0 Å². The summed E-state index contributed by atoms with van der Waals surface area (Å²) < 4.78 is 17.3. The van der Waals surface area contributed by atoms with Crippen LogP contribution in [0.5, 0.6) is 17.2 Å². The maximum atomic E-state index is 12.7. The lowest BCUT2D eigenvalue weighted by Gasteiger charge is -2.16. The molecule has 0 saturated carbocycles. The summed E-state index contributed by atoms with van der Waals surface area (Å²) in [5.74, 6) is 2.08. The molecule has 25 heavy (non-hydrogen) atoms. The molecule has 1 N–H and O–H groups in total. The maximum Gasteiger partial charge on any atom is 0.265 e. The van der Waals surface area contributed by atoms with Crippen LogP contribution in [0, 0.1) is 0 Å². The van der Waals surface area contributed by atoms with Crippen LogP contribution >= 0.6 is 0 Å². The number of hydrogen-bond acceptors (Lipinski definition) is 4. The van der Waals surface area contributed by atoms with Gasteiger partial charge in [-0.05, 0) is 31.5 Å². The number of fused-ring (bicyclic) bond motifs is 2. The van der Waals surface area contributed by atoms with Gasteiger partial charge in [0.25, 0.3) is 5.91 Å². The average molecular weight is 339 g/mol. The van der Waals surface area contributed by atoms with Crippen LogP contribution in [-0.2, 0) is 17.6 Å². The molecule has 2 atom stereocenters. The third kappa shape index (κ3) is 3.02. The number of hydrogen-bond donors (Lipinski definition) is 1. The van der Waals surface area contributed by atoms with Crippen molar-refractivity contribution in [2.24, 2.45) is 0 Å². The number of anilines is 1. The van der Waals surface area contributed by atoms with E-state index in [9.17, 15) is 4.79 Å². The van der Waals surface area contributed by atoms with Crippen LogP contribution in [-0.4, -0.2) is 24.7 Å². The molecule has 0 aliphatic carbocycles. The molecule has 2 aliphatic heterocycles. The Balaban J connectivity index is 1.54. The molecule has 4 rings (SSSR count). The summed E-state index contributed by atoms with van der Waals surface area (Å²) in [6.07, 6.45) is 1.04. The second-order valence-corrected chi connectivity index (χ2v) is 6.43. The number of para-hydroxylation sites is 1. The first-order chi connectivity index (χ1) is 12.1. The van der Waals surface area contributed by atoms with E-state index in [4.69, 9.17) is 14.2 Å². The Hall–Kier alpha value is -2.69. The zero-order valence-corrected chi connectivity index (χ0v) is 14.4. The molecular formula is C20H21NO4. The van der Waals surface area contributed by atoms with Crippen molar-refractivity contribution in [3.63, 3.8) is 0 Å².